The second-order valence-corrected chi connectivity index (χ2v) is 18.5. The van der Waals surface area contributed by atoms with Gasteiger partial charge in [-0.15, -0.1) is 0 Å². The molecule has 0 amide bonds. The molecule has 1 N–H and O–H groups in total. The Kier molecular flexibility index (Phi) is 10.2. The molecular weight excluding hydrogens is 705 g/mol. The summed E-state index contributed by atoms with van der Waals surface area (Å²) in [5.74, 6) is 3.41. The molecule has 1 spiro atoms. The second kappa shape index (κ2) is 14.9. The van der Waals surface area contributed by atoms with E-state index in [1.807, 2.05) is 0 Å². The van der Waals surface area contributed by atoms with E-state index in [1.54, 1.807) is 7.11 Å². The van der Waals surface area contributed by atoms with Crippen molar-refractivity contribution in [2.75, 3.05) is 20.3 Å². The molecule has 1 fully saturated rings. The lowest BCUT2D eigenvalue weighted by Gasteiger charge is -2.52. The predicted octanol–water partition coefficient (Wildman–Crippen LogP) is 12.9. The normalized spacial score (nSPS) is 17.8. The van der Waals surface area contributed by atoms with Gasteiger partial charge in [0.15, 0.2) is 5.60 Å². The quantitative estimate of drug-likeness (QED) is 0.128. The van der Waals surface area contributed by atoms with Gasteiger partial charge >= 0.3 is 0 Å². The lowest BCUT2D eigenvalue weighted by atomic mass is 9.52. The lowest BCUT2D eigenvalue weighted by molar-refractivity contribution is 0.0641. The number of rotatable bonds is 12. The summed E-state index contributed by atoms with van der Waals surface area (Å²) in [6.45, 7) is 17.7. The molecule has 5 aromatic carbocycles. The standard InChI is InChI=1S/C52H60O5/c1-9-11-25-55-38-18-14-36(15-19-38)52(37-16-20-39(21-17-37)56-26-12-10-2)24-23-41-47-46(42-27-34(3)45(54-8)29-43(42)48(41)57-52)40-22-13-35(30-53)28-44(40)51(47)32-49(4,5)31-50(6,7)33-51/h13-24,27-29,53H,9-12,25-26,30-33H2,1-8H3. The fourth-order valence-electron chi connectivity index (χ4n) is 10.9. The topological polar surface area (TPSA) is 57.2 Å². The van der Waals surface area contributed by atoms with Crippen molar-refractivity contribution in [2.24, 2.45) is 10.8 Å². The van der Waals surface area contributed by atoms with E-state index in [9.17, 15) is 5.11 Å². The van der Waals surface area contributed by atoms with E-state index < -0.39 is 5.60 Å². The van der Waals surface area contributed by atoms with Crippen molar-refractivity contribution < 1.29 is 24.1 Å². The molecule has 8 rings (SSSR count). The number of ether oxygens (including phenoxy) is 4. The van der Waals surface area contributed by atoms with Crippen molar-refractivity contribution >= 4 is 16.8 Å². The Bertz CT molecular complexity index is 2240. The number of hydrogen-bond donors (Lipinski definition) is 1. The van der Waals surface area contributed by atoms with Crippen molar-refractivity contribution in [3.8, 4) is 34.1 Å². The highest BCUT2D eigenvalue weighted by Gasteiger charge is 2.55. The SMILES string of the molecule is CCCCOc1ccc(C2(c3ccc(OCCCC)cc3)C=Cc3c4c(c5cc(C)c(OC)cc5c3O2)-c2ccc(CO)cc2C42CC(C)(C)CC(C)(C)C2)cc1. The average Bonchev–Trinajstić information content (AvgIpc) is 3.44. The van der Waals surface area contributed by atoms with Gasteiger partial charge in [-0.25, -0.2) is 0 Å². The summed E-state index contributed by atoms with van der Waals surface area (Å²) in [6.07, 6.45) is 12.0. The van der Waals surface area contributed by atoms with Crippen molar-refractivity contribution in [1.82, 2.24) is 0 Å². The summed E-state index contributed by atoms with van der Waals surface area (Å²) in [7, 11) is 1.75. The largest absolute Gasteiger partial charge is 0.496 e. The monoisotopic (exact) mass is 764 g/mol. The molecule has 0 radical (unpaired) electrons. The van der Waals surface area contributed by atoms with Crippen LogP contribution in [0.4, 0.5) is 0 Å². The van der Waals surface area contributed by atoms with Crippen LogP contribution in [0.3, 0.4) is 0 Å². The van der Waals surface area contributed by atoms with Crippen LogP contribution >= 0.6 is 0 Å². The molecule has 5 heteroatoms. The van der Waals surface area contributed by atoms with Crippen LogP contribution in [0.15, 0.2) is 84.9 Å². The molecule has 0 aromatic heterocycles. The molecule has 1 heterocycles. The molecule has 57 heavy (non-hydrogen) atoms. The Hall–Kier alpha value is -4.74. The van der Waals surface area contributed by atoms with Crippen LogP contribution in [0.2, 0.25) is 0 Å². The molecule has 1 aliphatic heterocycles. The van der Waals surface area contributed by atoms with Crippen LogP contribution in [0.5, 0.6) is 23.0 Å². The maximum atomic E-state index is 10.5. The number of aliphatic hydroxyl groups excluding tert-OH is 1. The number of methoxy groups -OCH3 is 1. The number of unbranched alkanes of at least 4 members (excludes halogenated alkanes) is 2. The van der Waals surface area contributed by atoms with Gasteiger partial charge in [-0.2, -0.15) is 0 Å². The molecule has 5 nitrogen and oxygen atoms in total. The highest BCUT2D eigenvalue weighted by Crippen LogP contribution is 2.67. The first-order chi connectivity index (χ1) is 27.4. The molecule has 1 saturated carbocycles. The van der Waals surface area contributed by atoms with E-state index in [-0.39, 0.29) is 22.9 Å². The minimum atomic E-state index is -0.941. The van der Waals surface area contributed by atoms with Gasteiger partial charge in [0.1, 0.15) is 23.0 Å². The smallest absolute Gasteiger partial charge is 0.178 e. The maximum Gasteiger partial charge on any atom is 0.178 e. The molecule has 2 aliphatic carbocycles. The Morgan fingerprint density at radius 1 is 0.719 bits per heavy atom. The molecule has 5 aromatic rings. The number of aliphatic hydroxyl groups is 1. The Labute approximate surface area is 340 Å². The lowest BCUT2D eigenvalue weighted by Crippen LogP contribution is -2.44. The van der Waals surface area contributed by atoms with Crippen molar-refractivity contribution in [1.29, 1.82) is 0 Å². The molecule has 3 aliphatic rings. The average molecular weight is 765 g/mol. The van der Waals surface area contributed by atoms with Crippen molar-refractivity contribution in [3.63, 3.8) is 0 Å². The number of aryl methyl sites for hydroxylation is 1. The van der Waals surface area contributed by atoms with Gasteiger partial charge in [0.25, 0.3) is 0 Å². The zero-order chi connectivity index (χ0) is 40.2. The third kappa shape index (κ3) is 6.80. The van der Waals surface area contributed by atoms with Crippen LogP contribution in [-0.2, 0) is 17.6 Å². The zero-order valence-corrected chi connectivity index (χ0v) is 35.3. The molecule has 0 bridgehead atoms. The second-order valence-electron chi connectivity index (χ2n) is 18.5. The predicted molar refractivity (Wildman–Crippen MR) is 233 cm³/mol. The van der Waals surface area contributed by atoms with Crippen molar-refractivity contribution in [3.05, 3.63) is 124 Å². The fourth-order valence-corrected chi connectivity index (χ4v) is 10.9. The third-order valence-electron chi connectivity index (χ3n) is 12.7. The summed E-state index contributed by atoms with van der Waals surface area (Å²) >= 11 is 0. The molecule has 0 atom stereocenters. The fraction of sp³-hybridized carbons (Fsp3) is 0.423. The van der Waals surface area contributed by atoms with Crippen LogP contribution < -0.4 is 18.9 Å². The van der Waals surface area contributed by atoms with E-state index in [1.165, 1.54) is 27.6 Å². The van der Waals surface area contributed by atoms with E-state index in [0.717, 1.165) is 101 Å². The Morgan fingerprint density at radius 2 is 1.32 bits per heavy atom. The third-order valence-corrected chi connectivity index (χ3v) is 12.7. The zero-order valence-electron chi connectivity index (χ0n) is 35.3. The van der Waals surface area contributed by atoms with Crippen LogP contribution in [0.1, 0.15) is 125 Å². The summed E-state index contributed by atoms with van der Waals surface area (Å²) in [4.78, 5) is 0. The maximum absolute atomic E-state index is 10.5. The minimum Gasteiger partial charge on any atom is -0.496 e. The van der Waals surface area contributed by atoms with Crippen LogP contribution in [0, 0.1) is 17.8 Å². The van der Waals surface area contributed by atoms with Gasteiger partial charge in [-0.1, -0.05) is 103 Å². The number of hydrogen-bond acceptors (Lipinski definition) is 5. The first kappa shape index (κ1) is 39.1. The van der Waals surface area contributed by atoms with Gasteiger partial charge < -0.3 is 24.1 Å². The van der Waals surface area contributed by atoms with Gasteiger partial charge in [0.05, 0.1) is 26.9 Å². The van der Waals surface area contributed by atoms with Crippen LogP contribution in [0.25, 0.3) is 28.0 Å². The van der Waals surface area contributed by atoms with Gasteiger partial charge in [-0.05, 0) is 131 Å². The van der Waals surface area contributed by atoms with E-state index in [2.05, 4.69) is 139 Å². The Balaban J connectivity index is 1.40. The summed E-state index contributed by atoms with van der Waals surface area (Å²) < 4.78 is 26.1. The minimum absolute atomic E-state index is 0.0120. The molecule has 0 unspecified atom stereocenters. The van der Waals surface area contributed by atoms with Crippen molar-refractivity contribution in [2.45, 2.75) is 111 Å². The van der Waals surface area contributed by atoms with E-state index in [4.69, 9.17) is 18.9 Å². The van der Waals surface area contributed by atoms with Crippen LogP contribution in [-0.4, -0.2) is 25.4 Å². The summed E-state index contributed by atoms with van der Waals surface area (Å²) in [5, 5.41) is 12.7. The van der Waals surface area contributed by atoms with Gasteiger partial charge in [-0.3, -0.25) is 0 Å². The highest BCUT2D eigenvalue weighted by molar-refractivity contribution is 6.09. The molecular formula is C52H60O5. The van der Waals surface area contributed by atoms with Gasteiger partial charge in [0, 0.05) is 27.5 Å². The highest BCUT2D eigenvalue weighted by atomic mass is 16.5. The molecule has 0 saturated heterocycles. The Morgan fingerprint density at radius 3 is 1.86 bits per heavy atom. The number of fused-ring (bicyclic) bond motifs is 10. The van der Waals surface area contributed by atoms with E-state index in [0.29, 0.717) is 13.2 Å². The summed E-state index contributed by atoms with van der Waals surface area (Å²) in [6, 6.07) is 28.1. The first-order valence-electron chi connectivity index (χ1n) is 21.2. The molecule has 298 valence electrons. The van der Waals surface area contributed by atoms with Gasteiger partial charge in [0.2, 0.25) is 0 Å². The first-order valence-corrected chi connectivity index (χ1v) is 21.2. The number of benzene rings is 5. The summed E-state index contributed by atoms with van der Waals surface area (Å²) in [5.41, 5.74) is 9.37. The van der Waals surface area contributed by atoms with E-state index >= 15 is 0 Å².